The summed E-state index contributed by atoms with van der Waals surface area (Å²) in [6.07, 6.45) is 3.68. The van der Waals surface area contributed by atoms with Crippen LogP contribution in [0.5, 0.6) is 17.2 Å². The van der Waals surface area contributed by atoms with E-state index in [4.69, 9.17) is 9.84 Å². The lowest BCUT2D eigenvalue weighted by Gasteiger charge is -2.05. The minimum Gasteiger partial charge on any atom is -0.508 e. The molecule has 0 atom stereocenters. The topological polar surface area (TPSA) is 49.7 Å². The van der Waals surface area contributed by atoms with Crippen LogP contribution in [-0.2, 0) is 0 Å². The molecule has 70 valence electrons. The van der Waals surface area contributed by atoms with Crippen LogP contribution in [-0.4, -0.2) is 16.8 Å². The highest BCUT2D eigenvalue weighted by Gasteiger charge is 2.01. The zero-order valence-electron chi connectivity index (χ0n) is 7.40. The van der Waals surface area contributed by atoms with Crippen molar-refractivity contribution in [1.82, 2.24) is 0 Å². The average molecular weight is 180 g/mol. The molecule has 1 aromatic carbocycles. The maximum absolute atomic E-state index is 9.28. The molecule has 13 heavy (non-hydrogen) atoms. The Morgan fingerprint density at radius 1 is 1.38 bits per heavy atom. The van der Waals surface area contributed by atoms with Gasteiger partial charge in [0, 0.05) is 6.07 Å². The first-order valence-electron chi connectivity index (χ1n) is 4.00. The van der Waals surface area contributed by atoms with Crippen molar-refractivity contribution < 1.29 is 14.9 Å². The van der Waals surface area contributed by atoms with Crippen LogP contribution in [0.4, 0.5) is 0 Å². The van der Waals surface area contributed by atoms with Gasteiger partial charge in [-0.25, -0.2) is 0 Å². The van der Waals surface area contributed by atoms with Gasteiger partial charge in [-0.2, -0.15) is 0 Å². The molecule has 0 saturated carbocycles. The van der Waals surface area contributed by atoms with Crippen LogP contribution in [0.2, 0.25) is 0 Å². The molecule has 0 unspecified atom stereocenters. The second-order valence-corrected chi connectivity index (χ2v) is 2.53. The van der Waals surface area contributed by atoms with E-state index in [-0.39, 0.29) is 11.5 Å². The predicted octanol–water partition coefficient (Wildman–Crippen LogP) is 2.05. The second-order valence-electron chi connectivity index (χ2n) is 2.53. The molecule has 1 rings (SSSR count). The molecule has 0 aliphatic rings. The normalized spacial score (nSPS) is 10.5. The summed E-state index contributed by atoms with van der Waals surface area (Å²) in [6.45, 7) is 2.30. The quantitative estimate of drug-likeness (QED) is 0.700. The molecule has 0 saturated heterocycles. The standard InChI is InChI=1S/C10H12O3/c1-2-3-6-13-10-5-4-8(11)7-9(10)12/h2-5,7,11-12H,6H2,1H3/b3-2-. The molecule has 3 heteroatoms. The van der Waals surface area contributed by atoms with Crippen LogP contribution >= 0.6 is 0 Å². The van der Waals surface area contributed by atoms with Crippen molar-refractivity contribution >= 4 is 0 Å². The lowest BCUT2D eigenvalue weighted by Crippen LogP contribution is -1.92. The first kappa shape index (κ1) is 9.45. The number of hydrogen-bond donors (Lipinski definition) is 2. The highest BCUT2D eigenvalue weighted by Crippen LogP contribution is 2.29. The van der Waals surface area contributed by atoms with Crippen LogP contribution in [0.3, 0.4) is 0 Å². The smallest absolute Gasteiger partial charge is 0.161 e. The van der Waals surface area contributed by atoms with Crippen molar-refractivity contribution in [1.29, 1.82) is 0 Å². The SMILES string of the molecule is C/C=C\COc1ccc(O)cc1O. The van der Waals surface area contributed by atoms with Crippen LogP contribution in [0.25, 0.3) is 0 Å². The third kappa shape index (κ3) is 2.71. The fraction of sp³-hybridized carbons (Fsp3) is 0.200. The molecule has 0 heterocycles. The molecule has 0 amide bonds. The summed E-state index contributed by atoms with van der Waals surface area (Å²) in [6, 6.07) is 4.23. The molecular formula is C10H12O3. The number of hydrogen-bond acceptors (Lipinski definition) is 3. The molecule has 0 fully saturated rings. The Hall–Kier alpha value is -1.64. The molecule has 0 spiro atoms. The zero-order valence-corrected chi connectivity index (χ0v) is 7.40. The van der Waals surface area contributed by atoms with Crippen LogP contribution in [0.1, 0.15) is 6.92 Å². The van der Waals surface area contributed by atoms with E-state index in [9.17, 15) is 5.11 Å². The number of aromatic hydroxyl groups is 2. The van der Waals surface area contributed by atoms with E-state index in [1.54, 1.807) is 0 Å². The minimum absolute atomic E-state index is 0.0240. The fourth-order valence-electron chi connectivity index (χ4n) is 0.862. The minimum atomic E-state index is -0.0514. The van der Waals surface area contributed by atoms with Crippen molar-refractivity contribution in [2.45, 2.75) is 6.92 Å². The van der Waals surface area contributed by atoms with Crippen molar-refractivity contribution in [2.75, 3.05) is 6.61 Å². The van der Waals surface area contributed by atoms with Gasteiger partial charge >= 0.3 is 0 Å². The van der Waals surface area contributed by atoms with E-state index in [0.29, 0.717) is 12.4 Å². The third-order valence-electron chi connectivity index (χ3n) is 1.51. The third-order valence-corrected chi connectivity index (χ3v) is 1.51. The molecule has 1 aromatic rings. The first-order chi connectivity index (χ1) is 6.24. The highest BCUT2D eigenvalue weighted by molar-refractivity contribution is 5.43. The molecule has 0 aromatic heterocycles. The second kappa shape index (κ2) is 4.40. The number of phenolic OH excluding ortho intramolecular Hbond substituents is 2. The van der Waals surface area contributed by atoms with E-state index in [1.165, 1.54) is 18.2 Å². The number of phenols is 2. The fourth-order valence-corrected chi connectivity index (χ4v) is 0.862. The maximum atomic E-state index is 9.28. The number of benzene rings is 1. The van der Waals surface area contributed by atoms with E-state index < -0.39 is 0 Å². The molecule has 0 aliphatic heterocycles. The van der Waals surface area contributed by atoms with Crippen LogP contribution in [0.15, 0.2) is 30.4 Å². The largest absolute Gasteiger partial charge is 0.508 e. The summed E-state index contributed by atoms with van der Waals surface area (Å²) in [5.41, 5.74) is 0. The van der Waals surface area contributed by atoms with Gasteiger partial charge in [0.1, 0.15) is 12.4 Å². The van der Waals surface area contributed by atoms with Crippen LogP contribution < -0.4 is 4.74 Å². The summed E-state index contributed by atoms with van der Waals surface area (Å²) >= 11 is 0. The Balaban J connectivity index is 2.66. The Morgan fingerprint density at radius 3 is 2.77 bits per heavy atom. The number of allylic oxidation sites excluding steroid dienone is 1. The van der Waals surface area contributed by atoms with E-state index >= 15 is 0 Å². The van der Waals surface area contributed by atoms with Gasteiger partial charge in [0.15, 0.2) is 11.5 Å². The number of rotatable bonds is 3. The predicted molar refractivity (Wildman–Crippen MR) is 50.1 cm³/mol. The Bertz CT molecular complexity index is 305. The summed E-state index contributed by atoms with van der Waals surface area (Å²) in [4.78, 5) is 0. The first-order valence-corrected chi connectivity index (χ1v) is 4.00. The Morgan fingerprint density at radius 2 is 2.15 bits per heavy atom. The van der Waals surface area contributed by atoms with E-state index in [2.05, 4.69) is 0 Å². The van der Waals surface area contributed by atoms with E-state index in [0.717, 1.165) is 0 Å². The molecule has 0 radical (unpaired) electrons. The monoisotopic (exact) mass is 180 g/mol. The Labute approximate surface area is 76.9 Å². The lowest BCUT2D eigenvalue weighted by molar-refractivity contribution is 0.334. The summed E-state index contributed by atoms with van der Waals surface area (Å²) in [7, 11) is 0. The summed E-state index contributed by atoms with van der Waals surface area (Å²) in [5.74, 6) is 0.344. The van der Waals surface area contributed by atoms with Gasteiger partial charge in [0.05, 0.1) is 0 Å². The molecular weight excluding hydrogens is 168 g/mol. The van der Waals surface area contributed by atoms with Gasteiger partial charge < -0.3 is 14.9 Å². The highest BCUT2D eigenvalue weighted by atomic mass is 16.5. The van der Waals surface area contributed by atoms with Crippen LogP contribution in [0, 0.1) is 0 Å². The van der Waals surface area contributed by atoms with Gasteiger partial charge in [0.25, 0.3) is 0 Å². The van der Waals surface area contributed by atoms with Gasteiger partial charge in [0.2, 0.25) is 0 Å². The van der Waals surface area contributed by atoms with Gasteiger partial charge in [-0.1, -0.05) is 12.2 Å². The number of ether oxygens (including phenoxy) is 1. The lowest BCUT2D eigenvalue weighted by atomic mass is 10.3. The zero-order chi connectivity index (χ0) is 9.68. The molecule has 0 aliphatic carbocycles. The van der Waals surface area contributed by atoms with Crippen molar-refractivity contribution in [2.24, 2.45) is 0 Å². The van der Waals surface area contributed by atoms with Crippen molar-refractivity contribution in [3.05, 3.63) is 30.4 Å². The summed E-state index contributed by atoms with van der Waals surface area (Å²) < 4.78 is 5.18. The average Bonchev–Trinajstić information content (AvgIpc) is 2.09. The van der Waals surface area contributed by atoms with Crippen molar-refractivity contribution in [3.63, 3.8) is 0 Å². The van der Waals surface area contributed by atoms with E-state index in [1.807, 2.05) is 19.1 Å². The van der Waals surface area contributed by atoms with Gasteiger partial charge in [-0.3, -0.25) is 0 Å². The van der Waals surface area contributed by atoms with Crippen molar-refractivity contribution in [3.8, 4) is 17.2 Å². The van der Waals surface area contributed by atoms with Gasteiger partial charge in [-0.05, 0) is 19.1 Å². The molecule has 0 bridgehead atoms. The van der Waals surface area contributed by atoms with Gasteiger partial charge in [-0.15, -0.1) is 0 Å². The molecule has 2 N–H and O–H groups in total. The summed E-state index contributed by atoms with van der Waals surface area (Å²) in [5, 5.41) is 18.3. The Kier molecular flexibility index (Phi) is 3.20. The maximum Gasteiger partial charge on any atom is 0.161 e. The molecule has 3 nitrogen and oxygen atoms in total.